The van der Waals surface area contributed by atoms with E-state index in [1.807, 2.05) is 44.2 Å². The zero-order chi connectivity index (χ0) is 19.6. The molecule has 0 aliphatic heterocycles. The van der Waals surface area contributed by atoms with Crippen LogP contribution in [0, 0.1) is 0 Å². The summed E-state index contributed by atoms with van der Waals surface area (Å²) in [5, 5.41) is 3.83. The average molecular weight is 362 g/mol. The number of carbonyl (C=O) groups excluding carboxylic acids is 2. The molecule has 0 radical (unpaired) electrons. The van der Waals surface area contributed by atoms with E-state index in [1.54, 1.807) is 6.07 Å². The number of nitrogens with zero attached hydrogens (tertiary/aromatic N) is 1. The number of carbonyl (C=O) groups is 2. The molecule has 0 saturated heterocycles. The van der Waals surface area contributed by atoms with Gasteiger partial charge < -0.3 is 9.88 Å². The maximum Gasteiger partial charge on any atom is 0.251 e. The first-order valence-electron chi connectivity index (χ1n) is 9.38. The van der Waals surface area contributed by atoms with Crippen LogP contribution in [0.5, 0.6) is 0 Å². The van der Waals surface area contributed by atoms with Crippen molar-refractivity contribution < 1.29 is 9.59 Å². The van der Waals surface area contributed by atoms with E-state index >= 15 is 0 Å². The van der Waals surface area contributed by atoms with E-state index in [1.165, 1.54) is 0 Å². The van der Waals surface area contributed by atoms with E-state index < -0.39 is 0 Å². The first kappa shape index (κ1) is 18.9. The van der Waals surface area contributed by atoms with E-state index in [0.29, 0.717) is 17.7 Å². The minimum atomic E-state index is -0.0990. The number of amides is 1. The van der Waals surface area contributed by atoms with Crippen molar-refractivity contribution in [1.82, 2.24) is 9.88 Å². The minimum absolute atomic E-state index is 0.0704. The molecule has 0 aliphatic carbocycles. The standard InChI is InChI=1S/C23H26N2O2/c1-15(2)22-20(14-26)19-11-10-18(23(27)24-16(3)4)12-21(19)25(22)13-17-8-6-5-7-9-17/h5-12,14-16H,13H2,1-4H3,(H,24,27). The fraction of sp³-hybridized carbons (Fsp3) is 0.304. The van der Waals surface area contributed by atoms with Crippen LogP contribution < -0.4 is 5.32 Å². The molecule has 0 fully saturated rings. The molecule has 0 spiro atoms. The molecule has 0 atom stereocenters. The van der Waals surface area contributed by atoms with Gasteiger partial charge in [0.15, 0.2) is 6.29 Å². The molecular weight excluding hydrogens is 336 g/mol. The molecule has 140 valence electrons. The highest BCUT2D eigenvalue weighted by Gasteiger charge is 2.20. The summed E-state index contributed by atoms with van der Waals surface area (Å²) in [6.45, 7) is 8.73. The number of rotatable bonds is 6. The van der Waals surface area contributed by atoms with Crippen molar-refractivity contribution >= 4 is 23.1 Å². The molecule has 4 heteroatoms. The van der Waals surface area contributed by atoms with Crippen molar-refractivity contribution in [2.75, 3.05) is 0 Å². The average Bonchev–Trinajstić information content (AvgIpc) is 2.95. The Morgan fingerprint density at radius 2 is 1.78 bits per heavy atom. The lowest BCUT2D eigenvalue weighted by atomic mass is 10.0. The number of nitrogens with one attached hydrogen (secondary N) is 1. The van der Waals surface area contributed by atoms with Crippen molar-refractivity contribution in [2.45, 2.75) is 46.2 Å². The SMILES string of the molecule is CC(C)NC(=O)c1ccc2c(C=O)c(C(C)C)n(Cc3ccccc3)c2c1. The summed E-state index contributed by atoms with van der Waals surface area (Å²) < 4.78 is 2.17. The van der Waals surface area contributed by atoms with Gasteiger partial charge in [-0.25, -0.2) is 0 Å². The predicted molar refractivity (Wildman–Crippen MR) is 110 cm³/mol. The van der Waals surface area contributed by atoms with Crippen molar-refractivity contribution in [2.24, 2.45) is 0 Å². The number of fused-ring (bicyclic) bond motifs is 1. The molecule has 1 heterocycles. The van der Waals surface area contributed by atoms with Gasteiger partial charge in [-0.05, 0) is 37.5 Å². The van der Waals surface area contributed by atoms with Crippen LogP contribution in [0.25, 0.3) is 10.9 Å². The van der Waals surface area contributed by atoms with Crippen molar-refractivity contribution in [1.29, 1.82) is 0 Å². The minimum Gasteiger partial charge on any atom is -0.350 e. The van der Waals surface area contributed by atoms with Gasteiger partial charge in [-0.15, -0.1) is 0 Å². The monoisotopic (exact) mass is 362 g/mol. The summed E-state index contributed by atoms with van der Waals surface area (Å²) in [6.07, 6.45) is 0.938. The predicted octanol–water partition coefficient (Wildman–Crippen LogP) is 4.76. The Bertz CT molecular complexity index is 969. The van der Waals surface area contributed by atoms with Gasteiger partial charge in [0.05, 0.1) is 5.52 Å². The summed E-state index contributed by atoms with van der Waals surface area (Å²) in [5.74, 6) is 0.0902. The van der Waals surface area contributed by atoms with Gasteiger partial charge in [0.1, 0.15) is 0 Å². The van der Waals surface area contributed by atoms with Crippen molar-refractivity contribution in [3.8, 4) is 0 Å². The summed E-state index contributed by atoms with van der Waals surface area (Å²) >= 11 is 0. The third kappa shape index (κ3) is 3.80. The molecule has 0 aliphatic rings. The van der Waals surface area contributed by atoms with Crippen molar-refractivity contribution in [3.05, 3.63) is 70.9 Å². The lowest BCUT2D eigenvalue weighted by Crippen LogP contribution is -2.30. The Morgan fingerprint density at radius 1 is 1.07 bits per heavy atom. The number of benzene rings is 2. The fourth-order valence-corrected chi connectivity index (χ4v) is 3.57. The number of hydrogen-bond donors (Lipinski definition) is 1. The number of hydrogen-bond acceptors (Lipinski definition) is 2. The van der Waals surface area contributed by atoms with E-state index in [0.717, 1.165) is 28.4 Å². The zero-order valence-electron chi connectivity index (χ0n) is 16.3. The van der Waals surface area contributed by atoms with Crippen LogP contribution in [0.1, 0.15) is 65.6 Å². The zero-order valence-corrected chi connectivity index (χ0v) is 16.3. The van der Waals surface area contributed by atoms with Gasteiger partial charge in [0, 0.05) is 34.8 Å². The van der Waals surface area contributed by atoms with Gasteiger partial charge in [-0.2, -0.15) is 0 Å². The molecular formula is C23H26N2O2. The van der Waals surface area contributed by atoms with Gasteiger partial charge in [-0.3, -0.25) is 9.59 Å². The van der Waals surface area contributed by atoms with E-state index in [4.69, 9.17) is 0 Å². The summed E-state index contributed by atoms with van der Waals surface area (Å²) in [7, 11) is 0. The maximum absolute atomic E-state index is 12.5. The normalized spacial score (nSPS) is 11.3. The second kappa shape index (κ2) is 7.78. The smallest absolute Gasteiger partial charge is 0.251 e. The molecule has 1 aromatic heterocycles. The third-order valence-electron chi connectivity index (χ3n) is 4.68. The molecule has 3 aromatic rings. The topological polar surface area (TPSA) is 51.1 Å². The number of aromatic nitrogens is 1. The van der Waals surface area contributed by atoms with Gasteiger partial charge in [0.2, 0.25) is 0 Å². The van der Waals surface area contributed by atoms with Crippen LogP contribution in [0.2, 0.25) is 0 Å². The molecule has 1 N–H and O–H groups in total. The Hall–Kier alpha value is -2.88. The molecule has 0 bridgehead atoms. The highest BCUT2D eigenvalue weighted by molar-refractivity contribution is 6.04. The highest BCUT2D eigenvalue weighted by atomic mass is 16.1. The quantitative estimate of drug-likeness (QED) is 0.643. The molecule has 3 rings (SSSR count). The molecule has 0 unspecified atom stereocenters. The molecule has 2 aromatic carbocycles. The number of aldehydes is 1. The van der Waals surface area contributed by atoms with E-state index in [-0.39, 0.29) is 17.9 Å². The fourth-order valence-electron chi connectivity index (χ4n) is 3.57. The van der Waals surface area contributed by atoms with Crippen LogP contribution in [0.4, 0.5) is 0 Å². The first-order valence-corrected chi connectivity index (χ1v) is 9.38. The largest absolute Gasteiger partial charge is 0.350 e. The maximum atomic E-state index is 12.5. The van der Waals surface area contributed by atoms with Crippen LogP contribution >= 0.6 is 0 Å². The summed E-state index contributed by atoms with van der Waals surface area (Å²) in [6, 6.07) is 15.8. The van der Waals surface area contributed by atoms with Gasteiger partial charge >= 0.3 is 0 Å². The molecule has 4 nitrogen and oxygen atoms in total. The molecule has 1 amide bonds. The summed E-state index contributed by atoms with van der Waals surface area (Å²) in [4.78, 5) is 24.4. The second-order valence-corrected chi connectivity index (χ2v) is 7.50. The molecule has 27 heavy (non-hydrogen) atoms. The Balaban J connectivity index is 2.20. The third-order valence-corrected chi connectivity index (χ3v) is 4.68. The lowest BCUT2D eigenvalue weighted by Gasteiger charge is -2.15. The van der Waals surface area contributed by atoms with E-state index in [2.05, 4.69) is 35.9 Å². The van der Waals surface area contributed by atoms with Crippen LogP contribution in [0.3, 0.4) is 0 Å². The van der Waals surface area contributed by atoms with Crippen LogP contribution in [-0.4, -0.2) is 22.8 Å². The Morgan fingerprint density at radius 3 is 2.37 bits per heavy atom. The Labute approximate surface area is 160 Å². The first-order chi connectivity index (χ1) is 12.9. The van der Waals surface area contributed by atoms with Gasteiger partial charge in [0.25, 0.3) is 5.91 Å². The molecule has 0 saturated carbocycles. The van der Waals surface area contributed by atoms with E-state index in [9.17, 15) is 9.59 Å². The van der Waals surface area contributed by atoms with Gasteiger partial charge in [-0.1, -0.05) is 50.2 Å². The second-order valence-electron chi connectivity index (χ2n) is 7.50. The van der Waals surface area contributed by atoms with Crippen LogP contribution in [-0.2, 0) is 6.54 Å². The van der Waals surface area contributed by atoms with Crippen molar-refractivity contribution in [3.63, 3.8) is 0 Å². The van der Waals surface area contributed by atoms with Crippen LogP contribution in [0.15, 0.2) is 48.5 Å². The summed E-state index contributed by atoms with van der Waals surface area (Å²) in [5.41, 5.74) is 4.40. The lowest BCUT2D eigenvalue weighted by molar-refractivity contribution is 0.0943. The highest BCUT2D eigenvalue weighted by Crippen LogP contribution is 2.31. The Kier molecular flexibility index (Phi) is 5.45.